The van der Waals surface area contributed by atoms with Crippen molar-refractivity contribution >= 4 is 5.91 Å². The molecule has 0 aliphatic carbocycles. The van der Waals surface area contributed by atoms with Crippen LogP contribution in [0.5, 0.6) is 17.2 Å². The summed E-state index contributed by atoms with van der Waals surface area (Å²) in [5.41, 5.74) is 2.63. The summed E-state index contributed by atoms with van der Waals surface area (Å²) in [4.78, 5) is 15.2. The predicted octanol–water partition coefficient (Wildman–Crippen LogP) is 2.76. The summed E-state index contributed by atoms with van der Waals surface area (Å²) >= 11 is 0. The molecule has 3 aliphatic rings. The molecule has 2 atom stereocenters. The van der Waals surface area contributed by atoms with Crippen LogP contribution in [0.25, 0.3) is 0 Å². The Bertz CT molecular complexity index is 923. The Morgan fingerprint density at radius 1 is 0.967 bits per heavy atom. The highest BCUT2D eigenvalue weighted by molar-refractivity contribution is 5.82. The third-order valence-corrected chi connectivity index (χ3v) is 6.37. The van der Waals surface area contributed by atoms with Gasteiger partial charge in [0.2, 0.25) is 6.10 Å². The number of hydrogen-bond donors (Lipinski definition) is 1. The second kappa shape index (κ2) is 8.19. The number of nitrogens with zero attached hydrogens (tertiary/aromatic N) is 1. The minimum absolute atomic E-state index is 0.0711. The predicted molar refractivity (Wildman–Crippen MR) is 113 cm³/mol. The molecule has 0 bridgehead atoms. The summed E-state index contributed by atoms with van der Waals surface area (Å²) in [6, 6.07) is 13.7. The smallest absolute Gasteiger partial charge is 0.265 e. The monoisotopic (exact) mass is 408 g/mol. The van der Waals surface area contributed by atoms with Gasteiger partial charge in [-0.15, -0.1) is 0 Å². The second-order valence-electron chi connectivity index (χ2n) is 8.49. The van der Waals surface area contributed by atoms with E-state index in [4.69, 9.17) is 14.2 Å². The van der Waals surface area contributed by atoms with E-state index in [2.05, 4.69) is 29.4 Å². The molecule has 6 nitrogen and oxygen atoms in total. The molecule has 0 aromatic heterocycles. The number of hydrogen-bond acceptors (Lipinski definition) is 5. The maximum atomic E-state index is 12.8. The summed E-state index contributed by atoms with van der Waals surface area (Å²) in [7, 11) is 2.18. The zero-order valence-corrected chi connectivity index (χ0v) is 17.3. The van der Waals surface area contributed by atoms with Crippen LogP contribution < -0.4 is 19.5 Å². The minimum Gasteiger partial charge on any atom is -0.491 e. The molecule has 1 saturated heterocycles. The average Bonchev–Trinajstić information content (AvgIpc) is 2.79. The van der Waals surface area contributed by atoms with Crippen LogP contribution in [0.2, 0.25) is 0 Å². The first kappa shape index (κ1) is 19.2. The van der Waals surface area contributed by atoms with Crippen molar-refractivity contribution in [3.05, 3.63) is 53.6 Å². The van der Waals surface area contributed by atoms with E-state index in [1.807, 2.05) is 30.3 Å². The van der Waals surface area contributed by atoms with Gasteiger partial charge in [-0.05, 0) is 74.6 Å². The first-order chi connectivity index (χ1) is 14.7. The lowest BCUT2D eigenvalue weighted by molar-refractivity contribution is -0.131. The van der Waals surface area contributed by atoms with Gasteiger partial charge in [-0.2, -0.15) is 0 Å². The number of fused-ring (bicyclic) bond motifs is 2. The summed E-state index contributed by atoms with van der Waals surface area (Å²) < 4.78 is 17.6. The highest BCUT2D eigenvalue weighted by atomic mass is 16.6. The van der Waals surface area contributed by atoms with Crippen molar-refractivity contribution in [1.82, 2.24) is 10.2 Å². The fourth-order valence-corrected chi connectivity index (χ4v) is 4.67. The first-order valence-corrected chi connectivity index (χ1v) is 10.8. The highest BCUT2D eigenvalue weighted by Gasteiger charge is 2.32. The van der Waals surface area contributed by atoms with Crippen molar-refractivity contribution in [2.24, 2.45) is 0 Å². The fourth-order valence-electron chi connectivity index (χ4n) is 4.67. The summed E-state index contributed by atoms with van der Waals surface area (Å²) in [5.74, 6) is 2.65. The molecular weight excluding hydrogens is 380 g/mol. The third kappa shape index (κ3) is 3.84. The molecule has 0 spiro atoms. The van der Waals surface area contributed by atoms with Crippen molar-refractivity contribution in [3.63, 3.8) is 0 Å². The number of benzene rings is 2. The van der Waals surface area contributed by atoms with Crippen LogP contribution in [0.3, 0.4) is 0 Å². The Balaban J connectivity index is 1.26. The van der Waals surface area contributed by atoms with Gasteiger partial charge in [0.15, 0.2) is 11.5 Å². The molecule has 158 valence electrons. The zero-order valence-electron chi connectivity index (χ0n) is 17.3. The van der Waals surface area contributed by atoms with Crippen molar-refractivity contribution in [2.75, 3.05) is 33.4 Å². The van der Waals surface area contributed by atoms with E-state index >= 15 is 0 Å². The van der Waals surface area contributed by atoms with Crippen molar-refractivity contribution in [3.8, 4) is 17.2 Å². The summed E-state index contributed by atoms with van der Waals surface area (Å²) in [5, 5.41) is 3.12. The average molecular weight is 408 g/mol. The van der Waals surface area contributed by atoms with Gasteiger partial charge in [-0.25, -0.2) is 0 Å². The largest absolute Gasteiger partial charge is 0.491 e. The van der Waals surface area contributed by atoms with E-state index in [1.165, 1.54) is 11.1 Å². The van der Waals surface area contributed by atoms with Gasteiger partial charge in [-0.1, -0.05) is 24.3 Å². The molecule has 0 saturated carbocycles. The normalized spacial score (nSPS) is 23.9. The minimum atomic E-state index is -0.648. The van der Waals surface area contributed by atoms with Crippen LogP contribution in [0.1, 0.15) is 29.9 Å². The Morgan fingerprint density at radius 2 is 1.70 bits per heavy atom. The summed E-state index contributed by atoms with van der Waals surface area (Å²) in [6.07, 6.45) is 2.46. The maximum Gasteiger partial charge on any atom is 0.265 e. The molecule has 2 aromatic carbocycles. The molecule has 1 amide bonds. The lowest BCUT2D eigenvalue weighted by Gasteiger charge is -2.34. The molecule has 6 heteroatoms. The first-order valence-electron chi connectivity index (χ1n) is 10.8. The van der Waals surface area contributed by atoms with E-state index in [0.29, 0.717) is 24.0 Å². The van der Waals surface area contributed by atoms with E-state index in [-0.39, 0.29) is 18.6 Å². The number of ether oxygens (including phenoxy) is 3. The number of amides is 1. The topological polar surface area (TPSA) is 60.0 Å². The lowest BCUT2D eigenvalue weighted by atomic mass is 9.84. The lowest BCUT2D eigenvalue weighted by Crippen LogP contribution is -2.51. The number of carbonyl (C=O) groups is 1. The third-order valence-electron chi connectivity index (χ3n) is 6.37. The molecule has 3 aliphatic heterocycles. The van der Waals surface area contributed by atoms with E-state index in [1.54, 1.807) is 0 Å². The highest BCUT2D eigenvalue weighted by Crippen LogP contribution is 2.37. The molecule has 1 fully saturated rings. The Morgan fingerprint density at radius 3 is 2.53 bits per heavy atom. The van der Waals surface area contributed by atoms with E-state index in [9.17, 15) is 4.79 Å². The van der Waals surface area contributed by atoms with Gasteiger partial charge in [0, 0.05) is 0 Å². The van der Waals surface area contributed by atoms with Gasteiger partial charge in [0.1, 0.15) is 19.0 Å². The fraction of sp³-hybridized carbons (Fsp3) is 0.458. The van der Waals surface area contributed by atoms with E-state index in [0.717, 1.165) is 38.1 Å². The van der Waals surface area contributed by atoms with Gasteiger partial charge in [0.25, 0.3) is 5.91 Å². The summed E-state index contributed by atoms with van der Waals surface area (Å²) in [6.45, 7) is 2.93. The molecule has 5 rings (SSSR count). The van der Waals surface area contributed by atoms with Gasteiger partial charge in [0.05, 0.1) is 6.04 Å². The van der Waals surface area contributed by atoms with Crippen LogP contribution in [0.4, 0.5) is 0 Å². The number of piperidine rings is 1. The zero-order chi connectivity index (χ0) is 20.5. The maximum absolute atomic E-state index is 12.8. The molecule has 1 N–H and O–H groups in total. The number of rotatable bonds is 3. The van der Waals surface area contributed by atoms with Crippen molar-refractivity contribution < 1.29 is 19.0 Å². The Hall–Kier alpha value is -2.73. The molecule has 1 unspecified atom stereocenters. The van der Waals surface area contributed by atoms with E-state index < -0.39 is 6.10 Å². The number of para-hydroxylation sites is 2. The Labute approximate surface area is 177 Å². The molecule has 3 heterocycles. The molecule has 0 radical (unpaired) electrons. The second-order valence-corrected chi connectivity index (χ2v) is 8.49. The van der Waals surface area contributed by atoms with Crippen LogP contribution in [-0.4, -0.2) is 56.3 Å². The van der Waals surface area contributed by atoms with Crippen LogP contribution in [0, 0.1) is 0 Å². The van der Waals surface area contributed by atoms with Crippen molar-refractivity contribution in [2.45, 2.75) is 37.3 Å². The van der Waals surface area contributed by atoms with Crippen molar-refractivity contribution in [1.29, 1.82) is 0 Å². The van der Waals surface area contributed by atoms with Crippen LogP contribution in [0.15, 0.2) is 42.5 Å². The molecule has 30 heavy (non-hydrogen) atoms. The standard InChI is InChI=1S/C24H28N2O4/c1-26-11-9-16(10-12-26)18-5-4-8-20-19(18)13-17(14-28-20)25-24(27)23-15-29-21-6-2-3-7-22(21)30-23/h2-8,16-17,23H,9-15H2,1H3,(H,25,27)/t17-,23?/m0/s1. The van der Waals surface area contributed by atoms with Gasteiger partial charge in [-0.3, -0.25) is 4.79 Å². The quantitative estimate of drug-likeness (QED) is 0.846. The van der Waals surface area contributed by atoms with Gasteiger partial charge >= 0.3 is 0 Å². The Kier molecular flexibility index (Phi) is 5.25. The number of likely N-dealkylation sites (tertiary alicyclic amines) is 1. The molecular formula is C24H28N2O4. The van der Waals surface area contributed by atoms with Crippen LogP contribution in [-0.2, 0) is 11.2 Å². The van der Waals surface area contributed by atoms with Crippen LogP contribution >= 0.6 is 0 Å². The molecule has 2 aromatic rings. The van der Waals surface area contributed by atoms with Gasteiger partial charge < -0.3 is 24.4 Å². The SMILES string of the molecule is CN1CCC(c2cccc3c2C[C@H](NC(=O)C2COc4ccccc4O2)CO3)CC1. The number of carbonyl (C=O) groups excluding carboxylic acids is 1. The number of nitrogens with one attached hydrogen (secondary N) is 1.